The van der Waals surface area contributed by atoms with Crippen molar-refractivity contribution in [2.45, 2.75) is 45.8 Å². The summed E-state index contributed by atoms with van der Waals surface area (Å²) in [5.41, 5.74) is 2.94. The third-order valence-corrected chi connectivity index (χ3v) is 8.25. The number of hydrogen-bond acceptors (Lipinski definition) is 8. The average molecular weight is 604 g/mol. The largest absolute Gasteiger partial charge is 0.465 e. The summed E-state index contributed by atoms with van der Waals surface area (Å²) in [6.45, 7) is 7.83. The third kappa shape index (κ3) is 6.01. The second kappa shape index (κ2) is 11.4. The van der Waals surface area contributed by atoms with Crippen LogP contribution in [0.3, 0.4) is 0 Å². The van der Waals surface area contributed by atoms with Gasteiger partial charge in [0.2, 0.25) is 11.0 Å². The molecule has 0 radical (unpaired) electrons. The maximum Gasteiger partial charge on any atom is 0.452 e. The molecule has 0 atom stereocenters. The van der Waals surface area contributed by atoms with E-state index in [0.29, 0.717) is 53.5 Å². The quantitative estimate of drug-likeness (QED) is 0.259. The molecule has 2 fully saturated rings. The molecule has 224 valence electrons. The third-order valence-electron chi connectivity index (χ3n) is 7.62. The van der Waals surface area contributed by atoms with Crippen LogP contribution < -0.4 is 10.2 Å². The summed E-state index contributed by atoms with van der Waals surface area (Å²) in [5, 5.41) is 12.4. The molecule has 0 bridgehead atoms. The van der Waals surface area contributed by atoms with Crippen LogP contribution in [0.4, 0.5) is 34.5 Å². The van der Waals surface area contributed by atoms with Gasteiger partial charge in [0.25, 0.3) is 0 Å². The highest BCUT2D eigenvalue weighted by atomic mass is 32.1. The van der Waals surface area contributed by atoms with Crippen LogP contribution in [0.2, 0.25) is 0 Å². The number of carboxylic acid groups (broad SMARTS) is 1. The number of halogens is 3. The number of amides is 1. The van der Waals surface area contributed by atoms with Crippen LogP contribution in [0.15, 0.2) is 42.5 Å². The highest BCUT2D eigenvalue weighted by Gasteiger charge is 2.55. The van der Waals surface area contributed by atoms with E-state index in [1.165, 1.54) is 4.90 Å². The van der Waals surface area contributed by atoms with Gasteiger partial charge in [-0.25, -0.2) is 9.59 Å². The minimum Gasteiger partial charge on any atom is -0.465 e. The van der Waals surface area contributed by atoms with Crippen LogP contribution in [0.5, 0.6) is 0 Å². The van der Waals surface area contributed by atoms with Crippen LogP contribution in [0.25, 0.3) is 11.1 Å². The van der Waals surface area contributed by atoms with Crippen molar-refractivity contribution in [3.05, 3.63) is 53.9 Å². The summed E-state index contributed by atoms with van der Waals surface area (Å²) in [6, 6.07) is 12.7. The van der Waals surface area contributed by atoms with Gasteiger partial charge in [-0.1, -0.05) is 38.1 Å². The Balaban J connectivity index is 1.52. The summed E-state index contributed by atoms with van der Waals surface area (Å²) in [4.78, 5) is 31.4. The zero-order valence-electron chi connectivity index (χ0n) is 23.4. The van der Waals surface area contributed by atoms with Gasteiger partial charge in [0.15, 0.2) is 0 Å². The van der Waals surface area contributed by atoms with Gasteiger partial charge in [-0.15, -0.1) is 0 Å². The summed E-state index contributed by atoms with van der Waals surface area (Å²) in [7, 11) is 0. The molecule has 5 rings (SSSR count). The van der Waals surface area contributed by atoms with Crippen LogP contribution >= 0.6 is 11.5 Å². The number of ether oxygens (including phenoxy) is 1. The monoisotopic (exact) mass is 603 g/mol. The Labute approximate surface area is 245 Å². The van der Waals surface area contributed by atoms with Gasteiger partial charge in [0.1, 0.15) is 0 Å². The Kier molecular flexibility index (Phi) is 8.06. The number of benzene rings is 2. The van der Waals surface area contributed by atoms with Gasteiger partial charge in [0.05, 0.1) is 23.5 Å². The van der Waals surface area contributed by atoms with E-state index < -0.39 is 24.1 Å². The van der Waals surface area contributed by atoms with Crippen molar-refractivity contribution in [1.82, 2.24) is 14.3 Å². The molecular formula is C29H32F3N5O4S. The number of carbonyl (C=O) groups is 2. The van der Waals surface area contributed by atoms with E-state index in [1.807, 2.05) is 12.1 Å². The summed E-state index contributed by atoms with van der Waals surface area (Å²) in [5.74, 6) is -1.41. The minimum absolute atomic E-state index is 0.00919. The summed E-state index contributed by atoms with van der Waals surface area (Å²) < 4.78 is 48.5. The summed E-state index contributed by atoms with van der Waals surface area (Å²) >= 11 is 0.619. The Bertz CT molecular complexity index is 1460. The molecule has 9 nitrogen and oxygen atoms in total. The molecule has 1 amide bonds. The molecule has 0 unspecified atom stereocenters. The molecule has 1 saturated heterocycles. The zero-order chi connectivity index (χ0) is 30.2. The van der Waals surface area contributed by atoms with E-state index in [4.69, 9.17) is 4.74 Å². The zero-order valence-corrected chi connectivity index (χ0v) is 24.3. The predicted octanol–water partition coefficient (Wildman–Crippen LogP) is 6.75. The number of hydrogen-bond donors (Lipinski definition) is 2. The maximum atomic E-state index is 13.3. The Morgan fingerprint density at radius 2 is 1.93 bits per heavy atom. The van der Waals surface area contributed by atoms with Gasteiger partial charge in [-0.3, -0.25) is 0 Å². The first kappa shape index (κ1) is 29.6. The van der Waals surface area contributed by atoms with Crippen molar-refractivity contribution < 1.29 is 32.6 Å². The number of aromatic nitrogens is 2. The second-order valence-corrected chi connectivity index (χ2v) is 12.0. The number of carbonyl (C=O) groups excluding carboxylic acids is 1. The van der Waals surface area contributed by atoms with Crippen molar-refractivity contribution >= 4 is 40.1 Å². The van der Waals surface area contributed by atoms with Gasteiger partial charge in [-0.05, 0) is 55.0 Å². The topological polar surface area (TPSA) is 108 Å². The molecule has 1 spiro atoms. The number of esters is 1. The standard InChI is InChI=1S/C29H32F3N5O4S/c1-4-41-24(38)21-8-6-5-7-20(21)18-9-10-23(22(11-18)33-26-34-25(35-42-26)29(30,31)32)37(14-17(2)3)19-12-28(13-19)15-36(16-28)27(39)40/h5-11,17,19H,4,12-16H2,1-3H3,(H,39,40)(H,33,34,35). The van der Waals surface area contributed by atoms with E-state index in [-0.39, 0.29) is 29.1 Å². The smallest absolute Gasteiger partial charge is 0.452 e. The highest BCUT2D eigenvalue weighted by Crippen LogP contribution is 2.52. The van der Waals surface area contributed by atoms with Crippen LogP contribution in [0.1, 0.15) is 49.8 Å². The van der Waals surface area contributed by atoms with Gasteiger partial charge in [0, 0.05) is 42.6 Å². The molecule has 2 heterocycles. The molecule has 42 heavy (non-hydrogen) atoms. The lowest BCUT2D eigenvalue weighted by atomic mass is 9.60. The van der Waals surface area contributed by atoms with E-state index in [2.05, 4.69) is 33.4 Å². The Hall–Kier alpha value is -3.87. The van der Waals surface area contributed by atoms with E-state index in [9.17, 15) is 27.9 Å². The normalized spacial score (nSPS) is 16.2. The molecular weight excluding hydrogens is 571 g/mol. The fraction of sp³-hybridized carbons (Fsp3) is 0.448. The van der Waals surface area contributed by atoms with Crippen LogP contribution in [-0.2, 0) is 10.9 Å². The second-order valence-electron chi connectivity index (χ2n) is 11.3. The van der Waals surface area contributed by atoms with Crippen molar-refractivity contribution in [2.75, 3.05) is 36.5 Å². The van der Waals surface area contributed by atoms with Gasteiger partial charge in [-0.2, -0.15) is 22.5 Å². The lowest BCUT2D eigenvalue weighted by molar-refractivity contribution is -0.144. The van der Waals surface area contributed by atoms with Crippen molar-refractivity contribution in [1.29, 1.82) is 0 Å². The number of likely N-dealkylation sites (tertiary alicyclic amines) is 1. The fourth-order valence-corrected chi connectivity index (χ4v) is 6.44. The molecule has 13 heteroatoms. The van der Waals surface area contributed by atoms with Gasteiger partial charge < -0.3 is 25.0 Å². The molecule has 2 N–H and O–H groups in total. The molecule has 2 aliphatic rings. The summed E-state index contributed by atoms with van der Waals surface area (Å²) in [6.07, 6.45) is -3.96. The Morgan fingerprint density at radius 1 is 1.21 bits per heavy atom. The van der Waals surface area contributed by atoms with Crippen molar-refractivity contribution in [3.63, 3.8) is 0 Å². The van der Waals surface area contributed by atoms with E-state index >= 15 is 0 Å². The highest BCUT2D eigenvalue weighted by molar-refractivity contribution is 7.09. The number of anilines is 3. The average Bonchev–Trinajstić information content (AvgIpc) is 3.35. The maximum absolute atomic E-state index is 13.3. The molecule has 3 aromatic rings. The molecule has 1 aromatic heterocycles. The number of rotatable bonds is 9. The number of nitrogens with one attached hydrogen (secondary N) is 1. The fourth-order valence-electron chi connectivity index (χ4n) is 5.84. The van der Waals surface area contributed by atoms with Crippen LogP contribution in [0, 0.1) is 11.3 Å². The molecule has 1 aliphatic heterocycles. The number of alkyl halides is 3. The number of nitrogens with zero attached hydrogens (tertiary/aromatic N) is 4. The van der Waals surface area contributed by atoms with E-state index in [0.717, 1.165) is 18.5 Å². The minimum atomic E-state index is -4.67. The first-order chi connectivity index (χ1) is 19.9. The Morgan fingerprint density at radius 3 is 2.55 bits per heavy atom. The van der Waals surface area contributed by atoms with Crippen LogP contribution in [-0.4, -0.2) is 63.7 Å². The molecule has 1 saturated carbocycles. The van der Waals surface area contributed by atoms with Crippen molar-refractivity contribution in [2.24, 2.45) is 11.3 Å². The lowest BCUT2D eigenvalue weighted by Crippen LogP contribution is -2.67. The molecule has 2 aromatic carbocycles. The first-order valence-corrected chi connectivity index (χ1v) is 14.5. The molecule has 1 aliphatic carbocycles. The first-order valence-electron chi connectivity index (χ1n) is 13.7. The predicted molar refractivity (Wildman–Crippen MR) is 153 cm³/mol. The lowest BCUT2D eigenvalue weighted by Gasteiger charge is -2.60. The van der Waals surface area contributed by atoms with E-state index in [1.54, 1.807) is 37.3 Å². The SMILES string of the molecule is CCOC(=O)c1ccccc1-c1ccc(N(CC(C)C)C2CC3(C2)CN(C(=O)O)C3)c(Nc2nc(C(F)(F)F)ns2)c1. The van der Waals surface area contributed by atoms with Crippen molar-refractivity contribution in [3.8, 4) is 11.1 Å². The van der Waals surface area contributed by atoms with Gasteiger partial charge >= 0.3 is 18.2 Å².